The minimum atomic E-state index is -0.229. The molecule has 1 aliphatic carbocycles. The molecule has 2 aromatic rings. The second-order valence-corrected chi connectivity index (χ2v) is 8.97. The third-order valence-electron chi connectivity index (χ3n) is 6.67. The summed E-state index contributed by atoms with van der Waals surface area (Å²) in [5.41, 5.74) is 0.924. The Labute approximate surface area is 189 Å². The SMILES string of the molecule is COCC(=O)N[C@@H]1CN(C(=O)CCC2CCCCC2)C[C@H]1c1nc(-c2ccccc2)n[nH]1. The fourth-order valence-corrected chi connectivity index (χ4v) is 4.93. The maximum Gasteiger partial charge on any atom is 0.246 e. The minimum Gasteiger partial charge on any atom is -0.375 e. The fourth-order valence-electron chi connectivity index (χ4n) is 4.93. The van der Waals surface area contributed by atoms with Gasteiger partial charge in [-0.25, -0.2) is 4.98 Å². The number of aromatic nitrogens is 3. The minimum absolute atomic E-state index is 0.00941. The molecule has 1 saturated heterocycles. The summed E-state index contributed by atoms with van der Waals surface area (Å²) in [6.45, 7) is 0.986. The predicted octanol–water partition coefficient (Wildman–Crippen LogP) is 2.89. The molecular formula is C24H33N5O3. The van der Waals surface area contributed by atoms with Gasteiger partial charge in [-0.3, -0.25) is 14.7 Å². The number of nitrogens with one attached hydrogen (secondary N) is 2. The van der Waals surface area contributed by atoms with E-state index < -0.39 is 0 Å². The highest BCUT2D eigenvalue weighted by atomic mass is 16.5. The number of rotatable bonds is 8. The molecule has 0 bridgehead atoms. The number of hydrogen-bond acceptors (Lipinski definition) is 5. The van der Waals surface area contributed by atoms with Crippen molar-refractivity contribution in [1.29, 1.82) is 0 Å². The van der Waals surface area contributed by atoms with Gasteiger partial charge >= 0.3 is 0 Å². The molecule has 4 rings (SSSR count). The van der Waals surface area contributed by atoms with Crippen molar-refractivity contribution in [3.8, 4) is 11.4 Å². The highest BCUT2D eigenvalue weighted by Crippen LogP contribution is 2.30. The number of nitrogens with zero attached hydrogens (tertiary/aromatic N) is 3. The highest BCUT2D eigenvalue weighted by molar-refractivity contribution is 5.79. The van der Waals surface area contributed by atoms with Crippen LogP contribution in [-0.2, 0) is 14.3 Å². The van der Waals surface area contributed by atoms with E-state index in [9.17, 15) is 9.59 Å². The van der Waals surface area contributed by atoms with E-state index in [1.54, 1.807) is 0 Å². The zero-order valence-corrected chi connectivity index (χ0v) is 18.8. The Hall–Kier alpha value is -2.74. The lowest BCUT2D eigenvalue weighted by molar-refractivity contribution is -0.131. The molecule has 1 aromatic heterocycles. The van der Waals surface area contributed by atoms with Gasteiger partial charge in [0, 0.05) is 32.2 Å². The lowest BCUT2D eigenvalue weighted by Crippen LogP contribution is -2.42. The standard InChI is InChI=1S/C24H33N5O3/c1-32-16-21(30)25-20-15-29(22(31)13-12-17-8-4-2-5-9-17)14-19(20)24-26-23(27-28-24)18-10-6-3-7-11-18/h3,6-7,10-11,17,19-20H,2,4-5,8-9,12-16H2,1H3,(H,25,30)(H,26,27,28)/t19-,20-/m1/s1. The van der Waals surface area contributed by atoms with Crippen LogP contribution in [0.5, 0.6) is 0 Å². The number of hydrogen-bond donors (Lipinski definition) is 2. The molecule has 1 saturated carbocycles. The van der Waals surface area contributed by atoms with Gasteiger partial charge in [0.05, 0.1) is 12.0 Å². The van der Waals surface area contributed by atoms with E-state index in [1.807, 2.05) is 35.2 Å². The Balaban J connectivity index is 1.44. The summed E-state index contributed by atoms with van der Waals surface area (Å²) in [5, 5.41) is 10.4. The van der Waals surface area contributed by atoms with Crippen molar-refractivity contribution >= 4 is 11.8 Å². The van der Waals surface area contributed by atoms with Crippen molar-refractivity contribution in [1.82, 2.24) is 25.4 Å². The molecule has 1 aromatic carbocycles. The Morgan fingerprint density at radius 3 is 2.69 bits per heavy atom. The van der Waals surface area contributed by atoms with E-state index in [0.29, 0.717) is 37.1 Å². The lowest BCUT2D eigenvalue weighted by Gasteiger charge is -2.23. The summed E-state index contributed by atoms with van der Waals surface area (Å²) < 4.78 is 4.97. The number of ether oxygens (including phenoxy) is 1. The molecule has 2 aliphatic rings. The maximum absolute atomic E-state index is 13.0. The molecule has 2 N–H and O–H groups in total. The number of amides is 2. The van der Waals surface area contributed by atoms with Crippen molar-refractivity contribution in [3.63, 3.8) is 0 Å². The largest absolute Gasteiger partial charge is 0.375 e. The van der Waals surface area contributed by atoms with E-state index in [1.165, 1.54) is 39.2 Å². The van der Waals surface area contributed by atoms with Crippen LogP contribution < -0.4 is 5.32 Å². The third kappa shape index (κ3) is 5.54. The summed E-state index contributed by atoms with van der Waals surface area (Å²) in [6, 6.07) is 9.53. The third-order valence-corrected chi connectivity index (χ3v) is 6.67. The summed E-state index contributed by atoms with van der Waals surface area (Å²) in [5.74, 6) is 1.80. The summed E-state index contributed by atoms with van der Waals surface area (Å²) in [4.78, 5) is 31.8. The van der Waals surface area contributed by atoms with Crippen LogP contribution in [0.3, 0.4) is 0 Å². The van der Waals surface area contributed by atoms with Crippen LogP contribution in [0.25, 0.3) is 11.4 Å². The Bertz CT molecular complexity index is 894. The van der Waals surface area contributed by atoms with Crippen LogP contribution in [0.15, 0.2) is 30.3 Å². The Kier molecular flexibility index (Phi) is 7.52. The molecule has 8 heteroatoms. The van der Waals surface area contributed by atoms with Crippen molar-refractivity contribution < 1.29 is 14.3 Å². The zero-order chi connectivity index (χ0) is 22.3. The predicted molar refractivity (Wildman–Crippen MR) is 121 cm³/mol. The second kappa shape index (κ2) is 10.7. The van der Waals surface area contributed by atoms with Crippen LogP contribution >= 0.6 is 0 Å². The average molecular weight is 440 g/mol. The molecule has 1 aliphatic heterocycles. The smallest absolute Gasteiger partial charge is 0.246 e. The van der Waals surface area contributed by atoms with Gasteiger partial charge in [0.15, 0.2) is 5.82 Å². The summed E-state index contributed by atoms with van der Waals surface area (Å²) in [7, 11) is 1.50. The molecule has 8 nitrogen and oxygen atoms in total. The van der Waals surface area contributed by atoms with Crippen molar-refractivity contribution in [2.24, 2.45) is 5.92 Å². The van der Waals surface area contributed by atoms with Gasteiger partial charge in [0.1, 0.15) is 12.4 Å². The van der Waals surface area contributed by atoms with E-state index in [2.05, 4.69) is 15.5 Å². The topological polar surface area (TPSA) is 100 Å². The highest BCUT2D eigenvalue weighted by Gasteiger charge is 2.39. The maximum atomic E-state index is 13.0. The number of carbonyl (C=O) groups is 2. The van der Waals surface area contributed by atoms with E-state index in [0.717, 1.165) is 12.0 Å². The fraction of sp³-hybridized carbons (Fsp3) is 0.583. The molecule has 2 atom stereocenters. The molecule has 0 radical (unpaired) electrons. The Morgan fingerprint density at radius 2 is 1.94 bits per heavy atom. The van der Waals surface area contributed by atoms with Crippen LogP contribution in [-0.4, -0.2) is 64.7 Å². The first kappa shape index (κ1) is 22.5. The molecule has 2 fully saturated rings. The number of methoxy groups -OCH3 is 1. The molecule has 2 heterocycles. The molecule has 0 spiro atoms. The first-order valence-corrected chi connectivity index (χ1v) is 11.7. The van der Waals surface area contributed by atoms with Crippen molar-refractivity contribution in [3.05, 3.63) is 36.2 Å². The van der Waals surface area contributed by atoms with Gasteiger partial charge in [-0.1, -0.05) is 62.4 Å². The van der Waals surface area contributed by atoms with Crippen LogP contribution in [0.4, 0.5) is 0 Å². The van der Waals surface area contributed by atoms with Crippen molar-refractivity contribution in [2.45, 2.75) is 56.9 Å². The molecule has 2 amide bonds. The molecular weight excluding hydrogens is 406 g/mol. The number of benzene rings is 1. The zero-order valence-electron chi connectivity index (χ0n) is 18.8. The Morgan fingerprint density at radius 1 is 1.16 bits per heavy atom. The summed E-state index contributed by atoms with van der Waals surface area (Å²) in [6.07, 6.45) is 7.91. The first-order valence-electron chi connectivity index (χ1n) is 11.7. The molecule has 0 unspecified atom stereocenters. The van der Waals surface area contributed by atoms with E-state index >= 15 is 0 Å². The van der Waals surface area contributed by atoms with E-state index in [4.69, 9.17) is 9.72 Å². The second-order valence-electron chi connectivity index (χ2n) is 8.97. The van der Waals surface area contributed by atoms with Crippen LogP contribution in [0.1, 0.15) is 56.7 Å². The van der Waals surface area contributed by atoms with Crippen molar-refractivity contribution in [2.75, 3.05) is 26.8 Å². The number of H-pyrrole nitrogens is 1. The lowest BCUT2D eigenvalue weighted by atomic mass is 9.86. The normalized spacial score (nSPS) is 21.6. The van der Waals surface area contributed by atoms with Gasteiger partial charge in [-0.2, -0.15) is 5.10 Å². The van der Waals surface area contributed by atoms with Gasteiger partial charge in [-0.15, -0.1) is 0 Å². The number of carbonyl (C=O) groups excluding carboxylic acids is 2. The quantitative estimate of drug-likeness (QED) is 0.659. The average Bonchev–Trinajstić information content (AvgIpc) is 3.46. The number of aromatic amines is 1. The van der Waals surface area contributed by atoms with Gasteiger partial charge in [-0.05, 0) is 12.3 Å². The van der Waals surface area contributed by atoms with Gasteiger partial charge < -0.3 is 15.0 Å². The number of likely N-dealkylation sites (tertiary alicyclic amines) is 1. The van der Waals surface area contributed by atoms with Gasteiger partial charge in [0.2, 0.25) is 11.8 Å². The molecule has 32 heavy (non-hydrogen) atoms. The van der Waals surface area contributed by atoms with Crippen LogP contribution in [0, 0.1) is 5.92 Å². The summed E-state index contributed by atoms with van der Waals surface area (Å²) >= 11 is 0. The molecule has 172 valence electrons. The van der Waals surface area contributed by atoms with Gasteiger partial charge in [0.25, 0.3) is 0 Å². The first-order chi connectivity index (χ1) is 15.6. The van der Waals surface area contributed by atoms with E-state index in [-0.39, 0.29) is 30.4 Å². The monoisotopic (exact) mass is 439 g/mol. The van der Waals surface area contributed by atoms with Crippen LogP contribution in [0.2, 0.25) is 0 Å².